The van der Waals surface area contributed by atoms with Crippen molar-refractivity contribution in [3.8, 4) is 0 Å². The Bertz CT molecular complexity index is 817. The number of anilines is 1. The Morgan fingerprint density at radius 1 is 1.04 bits per heavy atom. The molecule has 1 aromatic carbocycles. The molecule has 2 N–H and O–H groups in total. The summed E-state index contributed by atoms with van der Waals surface area (Å²) in [5.41, 5.74) is 4.02. The Labute approximate surface area is 154 Å². The summed E-state index contributed by atoms with van der Waals surface area (Å²) in [6.45, 7) is 4.10. The highest BCUT2D eigenvalue weighted by atomic mass is 16.2. The molecule has 3 rings (SSSR count). The average Bonchev–Trinajstić information content (AvgIpc) is 2.96. The summed E-state index contributed by atoms with van der Waals surface area (Å²) in [5, 5.41) is 5.52. The summed E-state index contributed by atoms with van der Waals surface area (Å²) in [7, 11) is 1.59. The first-order chi connectivity index (χ1) is 12.5. The van der Waals surface area contributed by atoms with Gasteiger partial charge in [0.1, 0.15) is 0 Å². The molecule has 1 aromatic heterocycles. The number of aromatic nitrogens is 1. The van der Waals surface area contributed by atoms with Crippen LogP contribution in [0.5, 0.6) is 0 Å². The van der Waals surface area contributed by atoms with Crippen molar-refractivity contribution in [2.45, 2.75) is 52.0 Å². The third-order valence-corrected chi connectivity index (χ3v) is 5.28. The summed E-state index contributed by atoms with van der Waals surface area (Å²) in [6.07, 6.45) is 6.20. The highest BCUT2D eigenvalue weighted by molar-refractivity contribution is 6.06. The summed E-state index contributed by atoms with van der Waals surface area (Å²) < 4.78 is 2.33. The van der Waals surface area contributed by atoms with Gasteiger partial charge in [-0.05, 0) is 51.0 Å². The van der Waals surface area contributed by atoms with Crippen LogP contribution in [0, 0.1) is 13.8 Å². The largest absolute Gasteiger partial charge is 0.355 e. The topological polar surface area (TPSA) is 63.1 Å². The molecule has 0 saturated heterocycles. The number of rotatable bonds is 4. The number of benzene rings is 1. The van der Waals surface area contributed by atoms with E-state index in [4.69, 9.17) is 0 Å². The van der Waals surface area contributed by atoms with Crippen LogP contribution in [0.3, 0.4) is 0 Å². The van der Waals surface area contributed by atoms with Gasteiger partial charge < -0.3 is 15.2 Å². The Kier molecular flexibility index (Phi) is 5.45. The lowest BCUT2D eigenvalue weighted by Crippen LogP contribution is -2.19. The van der Waals surface area contributed by atoms with Gasteiger partial charge in [-0.15, -0.1) is 0 Å². The minimum atomic E-state index is -0.170. The van der Waals surface area contributed by atoms with E-state index in [1.54, 1.807) is 31.3 Å². The monoisotopic (exact) mass is 353 g/mol. The first-order valence-electron chi connectivity index (χ1n) is 9.33. The van der Waals surface area contributed by atoms with Crippen LogP contribution in [0.4, 0.5) is 5.69 Å². The molecule has 0 unspecified atom stereocenters. The fourth-order valence-corrected chi connectivity index (χ4v) is 3.99. The Hall–Kier alpha value is -2.56. The van der Waals surface area contributed by atoms with Gasteiger partial charge >= 0.3 is 0 Å². The molecular weight excluding hydrogens is 326 g/mol. The van der Waals surface area contributed by atoms with Crippen LogP contribution in [-0.2, 0) is 0 Å². The Morgan fingerprint density at radius 2 is 1.77 bits per heavy atom. The maximum atomic E-state index is 12.8. The summed E-state index contributed by atoms with van der Waals surface area (Å²) in [6, 6.07) is 9.46. The van der Waals surface area contributed by atoms with Gasteiger partial charge in [-0.1, -0.05) is 25.3 Å². The van der Waals surface area contributed by atoms with Gasteiger partial charge in [0, 0.05) is 35.7 Å². The molecule has 138 valence electrons. The molecule has 1 fully saturated rings. The number of carbonyl (C=O) groups excluding carboxylic acids is 2. The molecule has 0 atom stereocenters. The lowest BCUT2D eigenvalue weighted by atomic mass is 9.95. The number of aryl methyl sites for hydroxylation is 1. The molecular formula is C21H27N3O2. The molecule has 1 aliphatic carbocycles. The summed E-state index contributed by atoms with van der Waals surface area (Å²) >= 11 is 0. The van der Waals surface area contributed by atoms with Gasteiger partial charge in [0.05, 0.1) is 5.56 Å². The zero-order valence-electron chi connectivity index (χ0n) is 15.8. The van der Waals surface area contributed by atoms with Crippen LogP contribution in [-0.4, -0.2) is 23.4 Å². The quantitative estimate of drug-likeness (QED) is 0.864. The second-order valence-electron chi connectivity index (χ2n) is 7.06. The van der Waals surface area contributed by atoms with E-state index in [1.165, 1.54) is 32.1 Å². The van der Waals surface area contributed by atoms with Crippen molar-refractivity contribution in [2.24, 2.45) is 0 Å². The van der Waals surface area contributed by atoms with Gasteiger partial charge in [-0.3, -0.25) is 9.59 Å². The maximum Gasteiger partial charge on any atom is 0.257 e. The molecule has 5 heteroatoms. The zero-order chi connectivity index (χ0) is 18.7. The van der Waals surface area contributed by atoms with E-state index in [-0.39, 0.29) is 11.8 Å². The van der Waals surface area contributed by atoms with E-state index in [0.29, 0.717) is 22.9 Å². The number of amides is 2. The minimum Gasteiger partial charge on any atom is -0.355 e. The number of hydrogen-bond acceptors (Lipinski definition) is 2. The lowest BCUT2D eigenvalue weighted by Gasteiger charge is -2.26. The molecule has 0 spiro atoms. The summed E-state index contributed by atoms with van der Waals surface area (Å²) in [5.74, 6) is -0.300. The third kappa shape index (κ3) is 3.66. The SMILES string of the molecule is CNC(=O)c1cccc(NC(=O)c2cc(C)n(C3CCCCC3)c2C)c1. The first-order valence-corrected chi connectivity index (χ1v) is 9.33. The molecule has 1 aliphatic rings. The molecule has 26 heavy (non-hydrogen) atoms. The van der Waals surface area contributed by atoms with Crippen molar-refractivity contribution in [3.63, 3.8) is 0 Å². The number of carbonyl (C=O) groups is 2. The normalized spacial score (nSPS) is 14.9. The maximum absolute atomic E-state index is 12.8. The van der Waals surface area contributed by atoms with E-state index in [0.717, 1.165) is 11.4 Å². The van der Waals surface area contributed by atoms with E-state index in [9.17, 15) is 9.59 Å². The van der Waals surface area contributed by atoms with E-state index < -0.39 is 0 Å². The lowest BCUT2D eigenvalue weighted by molar-refractivity contribution is 0.0961. The van der Waals surface area contributed by atoms with Crippen LogP contribution in [0.1, 0.15) is 70.2 Å². The Balaban J connectivity index is 1.81. The fourth-order valence-electron chi connectivity index (χ4n) is 3.99. The molecule has 1 heterocycles. The molecule has 5 nitrogen and oxygen atoms in total. The van der Waals surface area contributed by atoms with E-state index in [2.05, 4.69) is 22.1 Å². The zero-order valence-corrected chi connectivity index (χ0v) is 15.8. The molecule has 0 aliphatic heterocycles. The molecule has 2 aromatic rings. The van der Waals surface area contributed by atoms with Crippen molar-refractivity contribution in [1.82, 2.24) is 9.88 Å². The standard InChI is InChI=1S/C21H27N3O2/c1-14-12-19(15(2)24(14)18-10-5-4-6-11-18)21(26)23-17-9-7-8-16(13-17)20(25)22-3/h7-9,12-13,18H,4-6,10-11H2,1-3H3,(H,22,25)(H,23,26). The van der Waals surface area contributed by atoms with Crippen LogP contribution >= 0.6 is 0 Å². The second kappa shape index (κ2) is 7.77. The van der Waals surface area contributed by atoms with Crippen LogP contribution < -0.4 is 10.6 Å². The fraction of sp³-hybridized carbons (Fsp3) is 0.429. The Morgan fingerprint density at radius 3 is 2.46 bits per heavy atom. The predicted octanol–water partition coefficient (Wildman–Crippen LogP) is 4.22. The van der Waals surface area contributed by atoms with E-state index in [1.807, 2.05) is 13.0 Å². The van der Waals surface area contributed by atoms with Crippen molar-refractivity contribution in [2.75, 3.05) is 12.4 Å². The highest BCUT2D eigenvalue weighted by Crippen LogP contribution is 2.32. The number of nitrogens with zero attached hydrogens (tertiary/aromatic N) is 1. The van der Waals surface area contributed by atoms with Crippen LogP contribution in [0.2, 0.25) is 0 Å². The average molecular weight is 353 g/mol. The van der Waals surface area contributed by atoms with Crippen LogP contribution in [0.15, 0.2) is 30.3 Å². The third-order valence-electron chi connectivity index (χ3n) is 5.28. The number of nitrogens with one attached hydrogen (secondary N) is 2. The molecule has 0 radical (unpaired) electrons. The second-order valence-corrected chi connectivity index (χ2v) is 7.06. The van der Waals surface area contributed by atoms with Gasteiger partial charge in [0.15, 0.2) is 0 Å². The van der Waals surface area contributed by atoms with Crippen molar-refractivity contribution < 1.29 is 9.59 Å². The van der Waals surface area contributed by atoms with Gasteiger partial charge in [0.25, 0.3) is 11.8 Å². The predicted molar refractivity (Wildman–Crippen MR) is 104 cm³/mol. The molecule has 1 saturated carbocycles. The minimum absolute atomic E-state index is 0.130. The van der Waals surface area contributed by atoms with Gasteiger partial charge in [-0.2, -0.15) is 0 Å². The molecule has 0 bridgehead atoms. The number of hydrogen-bond donors (Lipinski definition) is 2. The van der Waals surface area contributed by atoms with Gasteiger partial charge in [0.2, 0.25) is 0 Å². The first kappa shape index (κ1) is 18.2. The highest BCUT2D eigenvalue weighted by Gasteiger charge is 2.22. The van der Waals surface area contributed by atoms with Crippen LogP contribution in [0.25, 0.3) is 0 Å². The van der Waals surface area contributed by atoms with Crippen molar-refractivity contribution >= 4 is 17.5 Å². The van der Waals surface area contributed by atoms with Gasteiger partial charge in [-0.25, -0.2) is 0 Å². The summed E-state index contributed by atoms with van der Waals surface area (Å²) in [4.78, 5) is 24.6. The smallest absolute Gasteiger partial charge is 0.257 e. The van der Waals surface area contributed by atoms with Crippen molar-refractivity contribution in [3.05, 3.63) is 52.8 Å². The van der Waals surface area contributed by atoms with E-state index >= 15 is 0 Å². The van der Waals surface area contributed by atoms with Crippen molar-refractivity contribution in [1.29, 1.82) is 0 Å². The molecule has 2 amide bonds.